The molecule has 0 aliphatic carbocycles. The van der Waals surface area contributed by atoms with Crippen LogP contribution >= 0.6 is 0 Å². The zero-order chi connectivity index (χ0) is 21.9. The van der Waals surface area contributed by atoms with Crippen molar-refractivity contribution in [2.24, 2.45) is 11.5 Å². The van der Waals surface area contributed by atoms with Gasteiger partial charge in [-0.25, -0.2) is 4.79 Å². The van der Waals surface area contributed by atoms with Gasteiger partial charge in [0.25, 0.3) is 0 Å². The van der Waals surface area contributed by atoms with Crippen LogP contribution in [0.5, 0.6) is 0 Å². The number of rotatable bonds is 13. The lowest BCUT2D eigenvalue weighted by molar-refractivity contribution is -0.145. The molecule has 5 unspecified atom stereocenters. The van der Waals surface area contributed by atoms with Crippen LogP contribution in [0.15, 0.2) is 0 Å². The van der Waals surface area contributed by atoms with Crippen LogP contribution in [-0.4, -0.2) is 82.4 Å². The standard InChI is InChI=1S/C16H31N5O7/c1-8(18)13(24)20-11(7-22)15(26)19-10(5-3-4-6-17)14(25)21-12(9(2)23)16(27)28/h8-12,22-23H,3-7,17-18H2,1-2H3,(H,19,26)(H,20,24)(H,21,25)(H,27,28). The minimum atomic E-state index is -1.56. The Bertz CT molecular complexity index is 541. The number of nitrogens with one attached hydrogen (secondary N) is 3. The van der Waals surface area contributed by atoms with Gasteiger partial charge in [-0.05, 0) is 39.7 Å². The lowest BCUT2D eigenvalue weighted by atomic mass is 10.1. The largest absolute Gasteiger partial charge is 0.480 e. The summed E-state index contributed by atoms with van der Waals surface area (Å²) in [6.07, 6.45) is -0.210. The highest BCUT2D eigenvalue weighted by atomic mass is 16.4. The van der Waals surface area contributed by atoms with E-state index in [-0.39, 0.29) is 6.42 Å². The van der Waals surface area contributed by atoms with Gasteiger partial charge >= 0.3 is 5.97 Å². The third-order valence-corrected chi connectivity index (χ3v) is 3.86. The van der Waals surface area contributed by atoms with Gasteiger partial charge in [-0.3, -0.25) is 14.4 Å². The second-order valence-corrected chi connectivity index (χ2v) is 6.44. The van der Waals surface area contributed by atoms with Crippen molar-refractivity contribution < 1.29 is 34.5 Å². The minimum Gasteiger partial charge on any atom is -0.480 e. The summed E-state index contributed by atoms with van der Waals surface area (Å²) in [5, 5.41) is 34.7. The van der Waals surface area contributed by atoms with Crippen molar-refractivity contribution in [2.45, 2.75) is 63.4 Å². The van der Waals surface area contributed by atoms with Crippen molar-refractivity contribution in [3.63, 3.8) is 0 Å². The molecule has 0 aliphatic heterocycles. The number of unbranched alkanes of at least 4 members (excludes halogenated alkanes) is 1. The number of amides is 3. The topological polar surface area (TPSA) is 217 Å². The molecule has 12 heteroatoms. The molecule has 0 aromatic heterocycles. The Morgan fingerprint density at radius 3 is 1.89 bits per heavy atom. The number of carbonyl (C=O) groups excluding carboxylic acids is 3. The van der Waals surface area contributed by atoms with E-state index in [4.69, 9.17) is 16.6 Å². The molecule has 0 radical (unpaired) electrons. The fourth-order valence-corrected chi connectivity index (χ4v) is 2.17. The number of hydrogen-bond acceptors (Lipinski definition) is 8. The van der Waals surface area contributed by atoms with Crippen LogP contribution in [0, 0.1) is 0 Å². The molecule has 5 atom stereocenters. The number of carbonyl (C=O) groups is 4. The smallest absolute Gasteiger partial charge is 0.328 e. The predicted molar refractivity (Wildman–Crippen MR) is 98.7 cm³/mol. The van der Waals surface area contributed by atoms with Crippen molar-refractivity contribution in [1.29, 1.82) is 0 Å². The van der Waals surface area contributed by atoms with Crippen LogP contribution in [0.25, 0.3) is 0 Å². The number of hydrogen-bond donors (Lipinski definition) is 8. The predicted octanol–water partition coefficient (Wildman–Crippen LogP) is -3.63. The summed E-state index contributed by atoms with van der Waals surface area (Å²) in [7, 11) is 0. The Balaban J connectivity index is 5.20. The third kappa shape index (κ3) is 9.08. The summed E-state index contributed by atoms with van der Waals surface area (Å²) >= 11 is 0. The van der Waals surface area contributed by atoms with E-state index < -0.39 is 60.6 Å². The van der Waals surface area contributed by atoms with Crippen LogP contribution < -0.4 is 27.4 Å². The molecule has 0 saturated carbocycles. The van der Waals surface area contributed by atoms with Gasteiger partial charge < -0.3 is 42.7 Å². The second kappa shape index (κ2) is 13.0. The number of aliphatic hydroxyl groups is 2. The fourth-order valence-electron chi connectivity index (χ4n) is 2.17. The number of carboxylic acid groups (broad SMARTS) is 1. The maximum atomic E-state index is 12.4. The molecule has 0 heterocycles. The van der Waals surface area contributed by atoms with Gasteiger partial charge in [0.15, 0.2) is 6.04 Å². The molecule has 0 aromatic carbocycles. The molecule has 0 aromatic rings. The average molecular weight is 405 g/mol. The molecule has 10 N–H and O–H groups in total. The number of aliphatic carboxylic acids is 1. The minimum absolute atomic E-state index is 0.139. The van der Waals surface area contributed by atoms with Crippen LogP contribution in [0.4, 0.5) is 0 Å². The Labute approximate surface area is 163 Å². The van der Waals surface area contributed by atoms with Crippen molar-refractivity contribution in [3.8, 4) is 0 Å². The quantitative estimate of drug-likeness (QED) is 0.142. The van der Waals surface area contributed by atoms with Crippen LogP contribution in [-0.2, 0) is 19.2 Å². The maximum Gasteiger partial charge on any atom is 0.328 e. The third-order valence-electron chi connectivity index (χ3n) is 3.86. The second-order valence-electron chi connectivity index (χ2n) is 6.44. The average Bonchev–Trinajstić information content (AvgIpc) is 2.61. The van der Waals surface area contributed by atoms with Crippen LogP contribution in [0.2, 0.25) is 0 Å². The van der Waals surface area contributed by atoms with E-state index in [1.165, 1.54) is 13.8 Å². The highest BCUT2D eigenvalue weighted by molar-refractivity contribution is 5.94. The first-order valence-corrected chi connectivity index (χ1v) is 8.93. The van der Waals surface area contributed by atoms with E-state index in [1.807, 2.05) is 0 Å². The maximum absolute atomic E-state index is 12.4. The summed E-state index contributed by atoms with van der Waals surface area (Å²) in [4.78, 5) is 47.5. The summed E-state index contributed by atoms with van der Waals surface area (Å²) in [5.74, 6) is -3.77. The Morgan fingerprint density at radius 2 is 1.46 bits per heavy atom. The molecule has 28 heavy (non-hydrogen) atoms. The molecule has 0 spiro atoms. The molecule has 0 fully saturated rings. The zero-order valence-electron chi connectivity index (χ0n) is 16.1. The molecule has 3 amide bonds. The Hall–Kier alpha value is -2.28. The summed E-state index contributed by atoms with van der Waals surface area (Å²) in [6.45, 7) is 2.23. The lowest BCUT2D eigenvalue weighted by Crippen LogP contribution is -2.58. The van der Waals surface area contributed by atoms with E-state index in [0.717, 1.165) is 0 Å². The summed E-state index contributed by atoms with van der Waals surface area (Å²) in [5.41, 5.74) is 10.8. The molecule has 0 aliphatic rings. The molecular formula is C16H31N5O7. The van der Waals surface area contributed by atoms with Gasteiger partial charge in [0.1, 0.15) is 12.1 Å². The number of nitrogens with two attached hydrogens (primary N) is 2. The molecule has 0 rings (SSSR count). The Morgan fingerprint density at radius 1 is 0.929 bits per heavy atom. The van der Waals surface area contributed by atoms with E-state index in [2.05, 4.69) is 16.0 Å². The van der Waals surface area contributed by atoms with Crippen LogP contribution in [0.3, 0.4) is 0 Å². The molecule has 12 nitrogen and oxygen atoms in total. The van der Waals surface area contributed by atoms with Gasteiger partial charge in [0.05, 0.1) is 18.8 Å². The summed E-state index contributed by atoms with van der Waals surface area (Å²) < 4.78 is 0. The summed E-state index contributed by atoms with van der Waals surface area (Å²) in [6, 6.07) is -4.96. The van der Waals surface area contributed by atoms with Gasteiger partial charge in [-0.15, -0.1) is 0 Å². The van der Waals surface area contributed by atoms with E-state index in [0.29, 0.717) is 19.4 Å². The highest BCUT2D eigenvalue weighted by Gasteiger charge is 2.31. The molecule has 162 valence electrons. The highest BCUT2D eigenvalue weighted by Crippen LogP contribution is 2.04. The van der Waals surface area contributed by atoms with Crippen molar-refractivity contribution >= 4 is 23.7 Å². The van der Waals surface area contributed by atoms with Gasteiger partial charge in [-0.1, -0.05) is 0 Å². The van der Waals surface area contributed by atoms with Gasteiger partial charge in [0.2, 0.25) is 17.7 Å². The van der Waals surface area contributed by atoms with Gasteiger partial charge in [0, 0.05) is 0 Å². The SMILES string of the molecule is CC(N)C(=O)NC(CO)C(=O)NC(CCCCN)C(=O)NC(C(=O)O)C(C)O. The van der Waals surface area contributed by atoms with Crippen molar-refractivity contribution in [3.05, 3.63) is 0 Å². The lowest BCUT2D eigenvalue weighted by Gasteiger charge is -2.25. The van der Waals surface area contributed by atoms with E-state index >= 15 is 0 Å². The molecule has 0 bridgehead atoms. The molecular weight excluding hydrogens is 374 g/mol. The first-order chi connectivity index (χ1) is 13.0. The molecule has 0 saturated heterocycles. The normalized spacial score (nSPS) is 16.2. The van der Waals surface area contributed by atoms with E-state index in [9.17, 15) is 29.4 Å². The van der Waals surface area contributed by atoms with E-state index in [1.54, 1.807) is 0 Å². The first-order valence-electron chi connectivity index (χ1n) is 8.93. The first kappa shape index (κ1) is 25.7. The van der Waals surface area contributed by atoms with Crippen LogP contribution in [0.1, 0.15) is 33.1 Å². The number of aliphatic hydroxyl groups excluding tert-OH is 2. The Kier molecular flexibility index (Phi) is 11.9. The fraction of sp³-hybridized carbons (Fsp3) is 0.750. The van der Waals surface area contributed by atoms with Crippen molar-refractivity contribution in [1.82, 2.24) is 16.0 Å². The number of carboxylic acids is 1. The monoisotopic (exact) mass is 405 g/mol. The van der Waals surface area contributed by atoms with Crippen molar-refractivity contribution in [2.75, 3.05) is 13.2 Å². The zero-order valence-corrected chi connectivity index (χ0v) is 16.1. The van der Waals surface area contributed by atoms with Gasteiger partial charge in [-0.2, -0.15) is 0 Å².